The van der Waals surface area contributed by atoms with Crippen molar-refractivity contribution in [3.05, 3.63) is 28.2 Å². The maximum absolute atomic E-state index is 13.7. The third-order valence-corrected chi connectivity index (χ3v) is 4.88. The van der Waals surface area contributed by atoms with Gasteiger partial charge in [0, 0.05) is 31.0 Å². The maximum Gasteiger partial charge on any atom is 0.139 e. The number of nitrogens with zero attached hydrogens (tertiary/aromatic N) is 3. The zero-order valence-corrected chi connectivity index (χ0v) is 14.3. The largest absolute Gasteiger partial charge is 0.323 e. The van der Waals surface area contributed by atoms with Crippen LogP contribution in [-0.2, 0) is 6.42 Å². The van der Waals surface area contributed by atoms with E-state index in [9.17, 15) is 4.39 Å². The number of benzene rings is 1. The highest BCUT2D eigenvalue weighted by atomic mass is 79.9. The van der Waals surface area contributed by atoms with E-state index >= 15 is 0 Å². The van der Waals surface area contributed by atoms with E-state index in [1.54, 1.807) is 0 Å². The average Bonchev–Trinajstić information content (AvgIpc) is 2.77. The summed E-state index contributed by atoms with van der Waals surface area (Å²) in [7, 11) is 2.14. The predicted molar refractivity (Wildman–Crippen MR) is 87.6 cm³/mol. The Bertz CT molecular complexity index is 658. The zero-order valence-electron chi connectivity index (χ0n) is 12.0. The van der Waals surface area contributed by atoms with Gasteiger partial charge in [-0.05, 0) is 48.4 Å². The molecule has 2 aromatic rings. The van der Waals surface area contributed by atoms with Crippen LogP contribution in [0.3, 0.4) is 0 Å². The van der Waals surface area contributed by atoms with Crippen molar-refractivity contribution >= 4 is 38.6 Å². The van der Waals surface area contributed by atoms with Gasteiger partial charge in [-0.25, -0.2) is 9.37 Å². The Morgan fingerprint density at radius 3 is 3.00 bits per heavy atom. The van der Waals surface area contributed by atoms with Gasteiger partial charge in [0.1, 0.15) is 11.6 Å². The Morgan fingerprint density at radius 1 is 1.48 bits per heavy atom. The lowest BCUT2D eigenvalue weighted by Gasteiger charge is -2.32. The summed E-state index contributed by atoms with van der Waals surface area (Å²) in [6, 6.07) is 3.72. The van der Waals surface area contributed by atoms with Crippen LogP contribution in [0.2, 0.25) is 0 Å². The average molecular weight is 375 g/mol. The molecule has 6 heteroatoms. The number of hydrogen-bond acceptors (Lipinski definition) is 2. The first kappa shape index (κ1) is 15.3. The van der Waals surface area contributed by atoms with E-state index in [4.69, 9.17) is 11.6 Å². The number of likely N-dealkylation sites (tertiary alicyclic amines) is 1. The van der Waals surface area contributed by atoms with E-state index < -0.39 is 0 Å². The van der Waals surface area contributed by atoms with E-state index in [-0.39, 0.29) is 5.82 Å². The number of alkyl halides is 1. The van der Waals surface area contributed by atoms with E-state index in [0.29, 0.717) is 28.3 Å². The van der Waals surface area contributed by atoms with Crippen molar-refractivity contribution < 1.29 is 4.39 Å². The minimum absolute atomic E-state index is 0.273. The molecule has 3 nitrogen and oxygen atoms in total. The lowest BCUT2D eigenvalue weighted by Crippen LogP contribution is -2.34. The molecule has 1 aromatic carbocycles. The first-order valence-corrected chi connectivity index (χ1v) is 8.53. The van der Waals surface area contributed by atoms with E-state index in [1.807, 2.05) is 6.07 Å². The number of imidazole rings is 1. The summed E-state index contributed by atoms with van der Waals surface area (Å²) in [6.45, 7) is 2.13. The van der Waals surface area contributed by atoms with Crippen molar-refractivity contribution in [3.8, 4) is 0 Å². The summed E-state index contributed by atoms with van der Waals surface area (Å²) in [4.78, 5) is 6.94. The van der Waals surface area contributed by atoms with Gasteiger partial charge in [0.2, 0.25) is 0 Å². The van der Waals surface area contributed by atoms with Gasteiger partial charge in [-0.3, -0.25) is 0 Å². The highest BCUT2D eigenvalue weighted by Gasteiger charge is 2.24. The fourth-order valence-corrected chi connectivity index (χ4v) is 3.66. The molecule has 3 rings (SSSR count). The number of halogens is 3. The van der Waals surface area contributed by atoms with Gasteiger partial charge in [0.05, 0.1) is 15.5 Å². The van der Waals surface area contributed by atoms with Crippen molar-refractivity contribution in [2.75, 3.05) is 26.0 Å². The van der Waals surface area contributed by atoms with E-state index in [2.05, 4.69) is 37.4 Å². The van der Waals surface area contributed by atoms with E-state index in [1.165, 1.54) is 12.5 Å². The minimum atomic E-state index is -0.273. The van der Waals surface area contributed by atoms with E-state index in [0.717, 1.165) is 30.9 Å². The van der Waals surface area contributed by atoms with Crippen LogP contribution in [0.4, 0.5) is 4.39 Å². The number of likely N-dealkylation sites (N-methyl/N-ethyl adjacent to an activating group) is 1. The Labute approximate surface area is 137 Å². The quantitative estimate of drug-likeness (QED) is 0.758. The Balaban J connectivity index is 2.12. The molecule has 1 saturated heterocycles. The molecule has 1 aliphatic heterocycles. The molecule has 1 aliphatic rings. The van der Waals surface area contributed by atoms with Crippen LogP contribution in [-0.4, -0.2) is 40.5 Å². The molecular weight excluding hydrogens is 357 g/mol. The van der Waals surface area contributed by atoms with Gasteiger partial charge in [0.15, 0.2) is 0 Å². The Kier molecular flexibility index (Phi) is 4.52. The molecule has 1 atom stereocenters. The first-order valence-electron chi connectivity index (χ1n) is 7.20. The van der Waals surface area contributed by atoms with Crippen LogP contribution >= 0.6 is 27.5 Å². The lowest BCUT2D eigenvalue weighted by atomic mass is 10.1. The molecule has 0 saturated carbocycles. The molecule has 21 heavy (non-hydrogen) atoms. The first-order chi connectivity index (χ1) is 10.1. The second-order valence-electron chi connectivity index (χ2n) is 5.65. The standard InChI is InChI=1S/C15H18BrClFN3/c1-20-6-2-3-10(9-20)21-14-7-11(16)12(18)8-13(14)19-15(21)4-5-17/h7-8,10H,2-6,9H2,1H3. The second kappa shape index (κ2) is 6.23. The van der Waals surface area contributed by atoms with Crippen molar-refractivity contribution in [3.63, 3.8) is 0 Å². The molecule has 1 fully saturated rings. The number of hydrogen-bond donors (Lipinski definition) is 0. The molecule has 0 amide bonds. The fraction of sp³-hybridized carbons (Fsp3) is 0.533. The Hall–Kier alpha value is -0.650. The van der Waals surface area contributed by atoms with Gasteiger partial charge < -0.3 is 9.47 Å². The SMILES string of the molecule is CN1CCCC(n2c(CCCl)nc3cc(F)c(Br)cc32)C1. The zero-order chi connectivity index (χ0) is 15.0. The van der Waals surface area contributed by atoms with Crippen LogP contribution < -0.4 is 0 Å². The summed E-state index contributed by atoms with van der Waals surface area (Å²) in [6.07, 6.45) is 3.00. The molecule has 2 heterocycles. The summed E-state index contributed by atoms with van der Waals surface area (Å²) >= 11 is 9.20. The molecule has 1 unspecified atom stereocenters. The molecule has 0 N–H and O–H groups in total. The van der Waals surface area contributed by atoms with Crippen molar-refractivity contribution in [2.24, 2.45) is 0 Å². The van der Waals surface area contributed by atoms with Gasteiger partial charge in [-0.2, -0.15) is 0 Å². The smallest absolute Gasteiger partial charge is 0.139 e. The van der Waals surface area contributed by atoms with Gasteiger partial charge >= 0.3 is 0 Å². The highest BCUT2D eigenvalue weighted by molar-refractivity contribution is 9.10. The van der Waals surface area contributed by atoms with Gasteiger partial charge in [-0.15, -0.1) is 11.6 Å². The number of aromatic nitrogens is 2. The van der Waals surface area contributed by atoms with Crippen LogP contribution in [0.25, 0.3) is 11.0 Å². The normalized spacial score (nSPS) is 20.3. The molecular formula is C15H18BrClFN3. The van der Waals surface area contributed by atoms with Crippen LogP contribution in [0, 0.1) is 5.82 Å². The lowest BCUT2D eigenvalue weighted by molar-refractivity contribution is 0.212. The van der Waals surface area contributed by atoms with Crippen LogP contribution in [0.1, 0.15) is 24.7 Å². The van der Waals surface area contributed by atoms with Crippen molar-refractivity contribution in [1.29, 1.82) is 0 Å². The monoisotopic (exact) mass is 373 g/mol. The van der Waals surface area contributed by atoms with Crippen molar-refractivity contribution in [1.82, 2.24) is 14.5 Å². The second-order valence-corrected chi connectivity index (χ2v) is 6.88. The molecule has 1 aromatic heterocycles. The minimum Gasteiger partial charge on any atom is -0.323 e. The molecule has 0 aliphatic carbocycles. The number of piperidine rings is 1. The summed E-state index contributed by atoms with van der Waals surface area (Å²) in [5, 5.41) is 0. The highest BCUT2D eigenvalue weighted by Crippen LogP contribution is 2.30. The summed E-state index contributed by atoms with van der Waals surface area (Å²) < 4.78 is 16.5. The topological polar surface area (TPSA) is 21.1 Å². The summed E-state index contributed by atoms with van der Waals surface area (Å²) in [5.41, 5.74) is 1.70. The third-order valence-electron chi connectivity index (χ3n) is 4.09. The molecule has 0 spiro atoms. The predicted octanol–water partition coefficient (Wildman–Crippen LogP) is 3.99. The van der Waals surface area contributed by atoms with Crippen LogP contribution in [0.5, 0.6) is 0 Å². The Morgan fingerprint density at radius 2 is 2.29 bits per heavy atom. The maximum atomic E-state index is 13.7. The fourth-order valence-electron chi connectivity index (χ4n) is 3.16. The molecule has 0 radical (unpaired) electrons. The number of rotatable bonds is 3. The number of aryl methyl sites for hydroxylation is 1. The van der Waals surface area contributed by atoms with Crippen LogP contribution in [0.15, 0.2) is 16.6 Å². The van der Waals surface area contributed by atoms with Crippen molar-refractivity contribution in [2.45, 2.75) is 25.3 Å². The summed E-state index contributed by atoms with van der Waals surface area (Å²) in [5.74, 6) is 1.21. The van der Waals surface area contributed by atoms with Gasteiger partial charge in [-0.1, -0.05) is 0 Å². The number of fused-ring (bicyclic) bond motifs is 1. The molecule has 114 valence electrons. The third kappa shape index (κ3) is 2.96. The van der Waals surface area contributed by atoms with Gasteiger partial charge in [0.25, 0.3) is 0 Å². The molecule has 0 bridgehead atoms.